The van der Waals surface area contributed by atoms with Crippen LogP contribution in [0.4, 0.5) is 0 Å². The molecule has 1 N–H and O–H groups in total. The summed E-state index contributed by atoms with van der Waals surface area (Å²) in [5.41, 5.74) is 2.81. The average Bonchev–Trinajstić information content (AvgIpc) is 2.36. The summed E-state index contributed by atoms with van der Waals surface area (Å²) >= 11 is 0. The van der Waals surface area contributed by atoms with Gasteiger partial charge in [0.1, 0.15) is 0 Å². The third kappa shape index (κ3) is 5.36. The summed E-state index contributed by atoms with van der Waals surface area (Å²) in [6, 6.07) is 8.62. The third-order valence-corrected chi connectivity index (χ3v) is 3.70. The maximum atomic E-state index is 3.55. The normalized spacial score (nSPS) is 11.1. The van der Waals surface area contributed by atoms with Crippen molar-refractivity contribution in [2.45, 2.75) is 53.0 Å². The van der Waals surface area contributed by atoms with E-state index in [-0.39, 0.29) is 0 Å². The fourth-order valence-electron chi connectivity index (χ4n) is 2.24. The van der Waals surface area contributed by atoms with Gasteiger partial charge in [0.2, 0.25) is 0 Å². The molecule has 0 saturated heterocycles. The highest BCUT2D eigenvalue weighted by molar-refractivity contribution is 5.25. The minimum atomic E-state index is 0.926. The second-order valence-electron chi connectivity index (χ2n) is 4.93. The predicted octanol–water partition coefficient (Wildman–Crippen LogP) is 4.30. The molecule has 0 bridgehead atoms. The topological polar surface area (TPSA) is 12.0 Å². The molecule has 0 radical (unpaired) electrons. The summed E-state index contributed by atoms with van der Waals surface area (Å²) in [7, 11) is 0. The zero-order valence-corrected chi connectivity index (χ0v) is 11.6. The lowest BCUT2D eigenvalue weighted by Gasteiger charge is -2.12. The first-order chi connectivity index (χ1) is 8.27. The Kier molecular flexibility index (Phi) is 6.95. The minimum absolute atomic E-state index is 0.926. The highest BCUT2D eigenvalue weighted by Crippen LogP contribution is 2.14. The standard InChI is InChI=1S/C16H27N/c1-4-15(5-2)10-8-12-17-13-16-11-7-6-9-14(16)3/h6-7,9,11,15,17H,4-5,8,10,12-13H2,1-3H3. The van der Waals surface area contributed by atoms with E-state index in [1.807, 2.05) is 0 Å². The van der Waals surface area contributed by atoms with Gasteiger partial charge in [0, 0.05) is 6.54 Å². The van der Waals surface area contributed by atoms with Gasteiger partial charge in [0.05, 0.1) is 0 Å². The molecule has 0 spiro atoms. The number of rotatable bonds is 8. The molecule has 1 heteroatoms. The van der Waals surface area contributed by atoms with Crippen LogP contribution in [-0.2, 0) is 6.54 Å². The Balaban J connectivity index is 2.14. The van der Waals surface area contributed by atoms with Crippen molar-refractivity contribution in [1.82, 2.24) is 5.32 Å². The smallest absolute Gasteiger partial charge is 0.0208 e. The van der Waals surface area contributed by atoms with Gasteiger partial charge in [0.25, 0.3) is 0 Å². The molecule has 0 unspecified atom stereocenters. The van der Waals surface area contributed by atoms with Crippen molar-refractivity contribution in [2.24, 2.45) is 5.92 Å². The summed E-state index contributed by atoms with van der Waals surface area (Å²) < 4.78 is 0. The van der Waals surface area contributed by atoms with Crippen LogP contribution in [0.15, 0.2) is 24.3 Å². The Labute approximate surface area is 107 Å². The SMILES string of the molecule is CCC(CC)CCCNCc1ccccc1C. The van der Waals surface area contributed by atoms with Gasteiger partial charge in [-0.3, -0.25) is 0 Å². The van der Waals surface area contributed by atoms with Crippen molar-refractivity contribution in [1.29, 1.82) is 0 Å². The van der Waals surface area contributed by atoms with Crippen LogP contribution in [0.5, 0.6) is 0 Å². The average molecular weight is 233 g/mol. The first-order valence-electron chi connectivity index (χ1n) is 7.03. The summed E-state index contributed by atoms with van der Waals surface area (Å²) in [5.74, 6) is 0.926. The van der Waals surface area contributed by atoms with E-state index in [0.717, 1.165) is 19.0 Å². The Morgan fingerprint density at radius 2 is 1.82 bits per heavy atom. The number of benzene rings is 1. The van der Waals surface area contributed by atoms with E-state index in [1.165, 1.54) is 36.8 Å². The molecule has 96 valence electrons. The zero-order valence-electron chi connectivity index (χ0n) is 11.6. The van der Waals surface area contributed by atoms with Crippen molar-refractivity contribution in [2.75, 3.05) is 6.54 Å². The fourth-order valence-corrected chi connectivity index (χ4v) is 2.24. The number of nitrogens with one attached hydrogen (secondary N) is 1. The van der Waals surface area contributed by atoms with Gasteiger partial charge in [-0.25, -0.2) is 0 Å². The van der Waals surface area contributed by atoms with E-state index in [0.29, 0.717) is 0 Å². The second-order valence-corrected chi connectivity index (χ2v) is 4.93. The quantitative estimate of drug-likeness (QED) is 0.660. The zero-order chi connectivity index (χ0) is 12.5. The highest BCUT2D eigenvalue weighted by Gasteiger charge is 2.02. The Hall–Kier alpha value is -0.820. The lowest BCUT2D eigenvalue weighted by molar-refractivity contribution is 0.433. The summed E-state index contributed by atoms with van der Waals surface area (Å²) in [6.07, 6.45) is 5.33. The van der Waals surface area contributed by atoms with Gasteiger partial charge >= 0.3 is 0 Å². The molecule has 0 aliphatic carbocycles. The van der Waals surface area contributed by atoms with Gasteiger partial charge in [-0.2, -0.15) is 0 Å². The molecule has 0 amide bonds. The molecule has 0 aliphatic heterocycles. The maximum Gasteiger partial charge on any atom is 0.0208 e. The molecule has 0 fully saturated rings. The fraction of sp³-hybridized carbons (Fsp3) is 0.625. The molecule has 0 atom stereocenters. The van der Waals surface area contributed by atoms with Crippen LogP contribution in [0.2, 0.25) is 0 Å². The minimum Gasteiger partial charge on any atom is -0.313 e. The molecule has 1 rings (SSSR count). The third-order valence-electron chi connectivity index (χ3n) is 3.70. The lowest BCUT2D eigenvalue weighted by atomic mass is 9.98. The van der Waals surface area contributed by atoms with Crippen LogP contribution in [0, 0.1) is 12.8 Å². The van der Waals surface area contributed by atoms with E-state index in [1.54, 1.807) is 0 Å². The molecular weight excluding hydrogens is 206 g/mol. The van der Waals surface area contributed by atoms with Gasteiger partial charge < -0.3 is 5.32 Å². The lowest BCUT2D eigenvalue weighted by Crippen LogP contribution is -2.16. The van der Waals surface area contributed by atoms with Crippen LogP contribution >= 0.6 is 0 Å². The second kappa shape index (κ2) is 8.30. The van der Waals surface area contributed by atoms with Crippen LogP contribution in [0.1, 0.15) is 50.7 Å². The Bertz CT molecular complexity index is 302. The molecule has 0 saturated carbocycles. The van der Waals surface area contributed by atoms with Crippen LogP contribution < -0.4 is 5.32 Å². The van der Waals surface area contributed by atoms with E-state index >= 15 is 0 Å². The molecule has 0 aromatic heterocycles. The Morgan fingerprint density at radius 3 is 2.47 bits per heavy atom. The molecule has 1 aromatic carbocycles. The van der Waals surface area contributed by atoms with Crippen LogP contribution in [0.25, 0.3) is 0 Å². The Morgan fingerprint density at radius 1 is 1.12 bits per heavy atom. The van der Waals surface area contributed by atoms with Crippen molar-refractivity contribution in [3.8, 4) is 0 Å². The maximum absolute atomic E-state index is 3.55. The molecule has 17 heavy (non-hydrogen) atoms. The highest BCUT2D eigenvalue weighted by atomic mass is 14.8. The van der Waals surface area contributed by atoms with Crippen LogP contribution in [0.3, 0.4) is 0 Å². The van der Waals surface area contributed by atoms with Crippen molar-refractivity contribution in [3.05, 3.63) is 35.4 Å². The van der Waals surface area contributed by atoms with E-state index < -0.39 is 0 Å². The van der Waals surface area contributed by atoms with Gasteiger partial charge in [0.15, 0.2) is 0 Å². The van der Waals surface area contributed by atoms with Crippen LogP contribution in [-0.4, -0.2) is 6.54 Å². The first kappa shape index (κ1) is 14.2. The van der Waals surface area contributed by atoms with E-state index in [9.17, 15) is 0 Å². The van der Waals surface area contributed by atoms with Gasteiger partial charge in [-0.1, -0.05) is 51.0 Å². The van der Waals surface area contributed by atoms with Crippen molar-refractivity contribution < 1.29 is 0 Å². The summed E-state index contributed by atoms with van der Waals surface area (Å²) in [5, 5.41) is 3.55. The summed E-state index contributed by atoms with van der Waals surface area (Å²) in [6.45, 7) is 8.94. The number of hydrogen-bond acceptors (Lipinski definition) is 1. The van der Waals surface area contributed by atoms with Gasteiger partial charge in [-0.15, -0.1) is 0 Å². The first-order valence-corrected chi connectivity index (χ1v) is 7.03. The largest absolute Gasteiger partial charge is 0.313 e. The monoisotopic (exact) mass is 233 g/mol. The van der Waals surface area contributed by atoms with Crippen molar-refractivity contribution >= 4 is 0 Å². The van der Waals surface area contributed by atoms with E-state index in [4.69, 9.17) is 0 Å². The number of aryl methyl sites for hydroxylation is 1. The molecule has 1 aromatic rings. The number of hydrogen-bond donors (Lipinski definition) is 1. The van der Waals surface area contributed by atoms with Crippen molar-refractivity contribution in [3.63, 3.8) is 0 Å². The van der Waals surface area contributed by atoms with E-state index in [2.05, 4.69) is 50.4 Å². The molecular formula is C16H27N. The molecule has 1 nitrogen and oxygen atoms in total. The molecule has 0 aliphatic rings. The molecule has 0 heterocycles. The van der Waals surface area contributed by atoms with Gasteiger partial charge in [-0.05, 0) is 43.4 Å². The predicted molar refractivity (Wildman–Crippen MR) is 76.2 cm³/mol. The summed E-state index contributed by atoms with van der Waals surface area (Å²) in [4.78, 5) is 0.